The van der Waals surface area contributed by atoms with E-state index in [-0.39, 0.29) is 6.04 Å². The maximum absolute atomic E-state index is 10.3. The molecule has 0 aromatic rings. The molecule has 0 heterocycles. The minimum Gasteiger partial charge on any atom is -0.322 e. The Balaban J connectivity index is 2.08. The van der Waals surface area contributed by atoms with Crippen molar-refractivity contribution < 1.29 is 4.79 Å². The maximum atomic E-state index is 10.3. The molecule has 0 aliphatic heterocycles. The molecule has 1 rings (SSSR count). The third kappa shape index (κ3) is 3.35. The number of nitrogens with two attached hydrogens (primary N) is 1. The molecule has 0 unspecified atom stereocenters. The van der Waals surface area contributed by atoms with Crippen LogP contribution in [-0.2, 0) is 4.79 Å². The van der Waals surface area contributed by atoms with Gasteiger partial charge in [-0.2, -0.15) is 0 Å². The van der Waals surface area contributed by atoms with Gasteiger partial charge in [-0.1, -0.05) is 32.1 Å². The van der Waals surface area contributed by atoms with Crippen molar-refractivity contribution in [3.8, 4) is 0 Å². The number of carbonyl (C=O) groups excluding carboxylic acids is 1. The highest BCUT2D eigenvalue weighted by molar-refractivity contribution is 5.56. The second-order valence-electron chi connectivity index (χ2n) is 3.88. The maximum Gasteiger partial charge on any atom is 0.136 e. The number of hydrogen-bond acceptors (Lipinski definition) is 2. The molecule has 1 aliphatic rings. The summed E-state index contributed by atoms with van der Waals surface area (Å²) in [6.45, 7) is 0. The molecule has 0 radical (unpaired) electrons. The van der Waals surface area contributed by atoms with Gasteiger partial charge in [0.05, 0.1) is 6.04 Å². The van der Waals surface area contributed by atoms with Gasteiger partial charge in [-0.25, -0.2) is 0 Å². The molecule has 0 bridgehead atoms. The van der Waals surface area contributed by atoms with Crippen LogP contribution < -0.4 is 5.73 Å². The average Bonchev–Trinajstić information content (AvgIpc) is 2.16. The Bertz CT molecular complexity index is 130. The van der Waals surface area contributed by atoms with Gasteiger partial charge < -0.3 is 10.5 Å². The Kier molecular flexibility index (Phi) is 4.30. The van der Waals surface area contributed by atoms with Crippen LogP contribution in [0.15, 0.2) is 0 Å². The number of rotatable bonds is 4. The molecule has 1 aliphatic carbocycles. The van der Waals surface area contributed by atoms with Crippen molar-refractivity contribution in [2.75, 3.05) is 0 Å². The lowest BCUT2D eigenvalue weighted by molar-refractivity contribution is -0.109. The molecule has 70 valence electrons. The Labute approximate surface area is 74.5 Å². The van der Waals surface area contributed by atoms with Crippen LogP contribution in [-0.4, -0.2) is 12.3 Å². The third-order valence-electron chi connectivity index (χ3n) is 2.81. The minimum atomic E-state index is -0.216. The van der Waals surface area contributed by atoms with E-state index >= 15 is 0 Å². The van der Waals surface area contributed by atoms with Crippen LogP contribution in [0.5, 0.6) is 0 Å². The van der Waals surface area contributed by atoms with Gasteiger partial charge >= 0.3 is 0 Å². The summed E-state index contributed by atoms with van der Waals surface area (Å²) in [7, 11) is 0. The number of hydrogen-bond donors (Lipinski definition) is 1. The van der Waals surface area contributed by atoms with Crippen LogP contribution in [0.4, 0.5) is 0 Å². The quantitative estimate of drug-likeness (QED) is 0.653. The summed E-state index contributed by atoms with van der Waals surface area (Å²) in [5.41, 5.74) is 5.52. The average molecular weight is 169 g/mol. The van der Waals surface area contributed by atoms with E-state index in [1.165, 1.54) is 32.1 Å². The lowest BCUT2D eigenvalue weighted by atomic mass is 9.85. The Hall–Kier alpha value is -0.370. The zero-order valence-corrected chi connectivity index (χ0v) is 7.67. The van der Waals surface area contributed by atoms with Gasteiger partial charge in [0.25, 0.3) is 0 Å². The summed E-state index contributed by atoms with van der Waals surface area (Å²) in [5.74, 6) is 0.852. The molecule has 1 saturated carbocycles. The van der Waals surface area contributed by atoms with Gasteiger partial charge in [-0.15, -0.1) is 0 Å². The molecular weight excluding hydrogens is 150 g/mol. The molecule has 12 heavy (non-hydrogen) atoms. The Morgan fingerprint density at radius 2 is 2.00 bits per heavy atom. The van der Waals surface area contributed by atoms with E-state index in [1.807, 2.05) is 0 Å². The first-order chi connectivity index (χ1) is 5.83. The van der Waals surface area contributed by atoms with Crippen molar-refractivity contribution in [2.24, 2.45) is 11.7 Å². The van der Waals surface area contributed by atoms with Crippen molar-refractivity contribution in [1.29, 1.82) is 0 Å². The van der Waals surface area contributed by atoms with Gasteiger partial charge in [0.2, 0.25) is 0 Å². The SMILES string of the molecule is N[C@H](C=O)CCC1CCCCC1. The van der Waals surface area contributed by atoms with Crippen molar-refractivity contribution in [2.45, 2.75) is 51.0 Å². The zero-order chi connectivity index (χ0) is 8.81. The summed E-state index contributed by atoms with van der Waals surface area (Å²) < 4.78 is 0. The van der Waals surface area contributed by atoms with Gasteiger partial charge in [0.1, 0.15) is 6.29 Å². The van der Waals surface area contributed by atoms with Gasteiger partial charge in [0.15, 0.2) is 0 Å². The molecule has 2 heteroatoms. The van der Waals surface area contributed by atoms with E-state index in [9.17, 15) is 4.79 Å². The molecule has 2 nitrogen and oxygen atoms in total. The fraction of sp³-hybridized carbons (Fsp3) is 0.900. The third-order valence-corrected chi connectivity index (χ3v) is 2.81. The van der Waals surface area contributed by atoms with E-state index < -0.39 is 0 Å². The molecule has 0 aromatic heterocycles. The van der Waals surface area contributed by atoms with Crippen LogP contribution >= 0.6 is 0 Å². The standard InChI is InChI=1S/C10H19NO/c11-10(8-12)7-6-9-4-2-1-3-5-9/h8-10H,1-7,11H2/t10-/m0/s1. The predicted octanol–water partition coefficient (Wildman–Crippen LogP) is 1.87. The van der Waals surface area contributed by atoms with Crippen molar-refractivity contribution in [3.05, 3.63) is 0 Å². The first kappa shape index (κ1) is 9.72. The van der Waals surface area contributed by atoms with E-state index in [0.717, 1.165) is 25.0 Å². The predicted molar refractivity (Wildman–Crippen MR) is 49.8 cm³/mol. The van der Waals surface area contributed by atoms with Crippen molar-refractivity contribution in [1.82, 2.24) is 0 Å². The number of carbonyl (C=O) groups is 1. The van der Waals surface area contributed by atoms with E-state index in [4.69, 9.17) is 5.73 Å². The Morgan fingerprint density at radius 3 is 2.58 bits per heavy atom. The molecule has 1 atom stereocenters. The smallest absolute Gasteiger partial charge is 0.136 e. The largest absolute Gasteiger partial charge is 0.322 e. The minimum absolute atomic E-state index is 0.216. The van der Waals surface area contributed by atoms with Gasteiger partial charge in [-0.3, -0.25) is 0 Å². The molecule has 0 amide bonds. The van der Waals surface area contributed by atoms with Crippen molar-refractivity contribution >= 4 is 6.29 Å². The normalized spacial score (nSPS) is 22.1. The van der Waals surface area contributed by atoms with Gasteiger partial charge in [0, 0.05) is 0 Å². The number of aldehydes is 1. The van der Waals surface area contributed by atoms with Crippen LogP contribution in [0.25, 0.3) is 0 Å². The van der Waals surface area contributed by atoms with Crippen LogP contribution in [0.3, 0.4) is 0 Å². The summed E-state index contributed by atoms with van der Waals surface area (Å²) in [6, 6.07) is -0.216. The lowest BCUT2D eigenvalue weighted by Gasteiger charge is -2.21. The van der Waals surface area contributed by atoms with E-state index in [2.05, 4.69) is 0 Å². The van der Waals surface area contributed by atoms with Crippen LogP contribution in [0.2, 0.25) is 0 Å². The first-order valence-corrected chi connectivity index (χ1v) is 5.04. The highest BCUT2D eigenvalue weighted by atomic mass is 16.1. The fourth-order valence-electron chi connectivity index (χ4n) is 1.97. The van der Waals surface area contributed by atoms with Crippen molar-refractivity contribution in [3.63, 3.8) is 0 Å². The molecule has 2 N–H and O–H groups in total. The molecule has 0 aromatic carbocycles. The van der Waals surface area contributed by atoms with E-state index in [0.29, 0.717) is 0 Å². The second kappa shape index (κ2) is 5.31. The lowest BCUT2D eigenvalue weighted by Crippen LogP contribution is -2.22. The van der Waals surface area contributed by atoms with Crippen LogP contribution in [0.1, 0.15) is 44.9 Å². The monoisotopic (exact) mass is 169 g/mol. The highest BCUT2D eigenvalue weighted by Gasteiger charge is 2.13. The van der Waals surface area contributed by atoms with E-state index in [1.54, 1.807) is 0 Å². The van der Waals surface area contributed by atoms with Gasteiger partial charge in [-0.05, 0) is 18.8 Å². The molecule has 0 saturated heterocycles. The van der Waals surface area contributed by atoms with Crippen LogP contribution in [0, 0.1) is 5.92 Å². The zero-order valence-electron chi connectivity index (χ0n) is 7.67. The second-order valence-corrected chi connectivity index (χ2v) is 3.88. The summed E-state index contributed by atoms with van der Waals surface area (Å²) in [4.78, 5) is 10.3. The molecule has 1 fully saturated rings. The topological polar surface area (TPSA) is 43.1 Å². The highest BCUT2D eigenvalue weighted by Crippen LogP contribution is 2.27. The summed E-state index contributed by atoms with van der Waals surface area (Å²) >= 11 is 0. The summed E-state index contributed by atoms with van der Waals surface area (Å²) in [5, 5.41) is 0. The molecular formula is C10H19NO. The first-order valence-electron chi connectivity index (χ1n) is 5.04. The Morgan fingerprint density at radius 1 is 1.33 bits per heavy atom. The summed E-state index contributed by atoms with van der Waals surface area (Å²) in [6.07, 6.45) is 9.76. The fourth-order valence-corrected chi connectivity index (χ4v) is 1.97. The molecule has 0 spiro atoms.